The first-order valence-corrected chi connectivity index (χ1v) is 5.60. The number of hydrogen-bond donors (Lipinski definition) is 2. The number of para-hydroxylation sites is 1. The van der Waals surface area contributed by atoms with Crippen LogP contribution in [-0.4, -0.2) is 22.2 Å². The van der Waals surface area contributed by atoms with Crippen molar-refractivity contribution in [3.8, 4) is 0 Å². The second kappa shape index (κ2) is 9.74. The third kappa shape index (κ3) is 8.55. The van der Waals surface area contributed by atoms with Crippen LogP contribution in [0.25, 0.3) is 11.0 Å². The SMILES string of the molecule is C=CC(=O)O.C=CC(=O)O.O=c1ccc2ccccc2o1. The lowest BCUT2D eigenvalue weighted by atomic mass is 10.2. The van der Waals surface area contributed by atoms with E-state index in [0.717, 1.165) is 17.5 Å². The third-order valence-electron chi connectivity index (χ3n) is 1.88. The maximum atomic E-state index is 10.7. The van der Waals surface area contributed by atoms with E-state index >= 15 is 0 Å². The van der Waals surface area contributed by atoms with Gasteiger partial charge >= 0.3 is 17.6 Å². The first-order valence-electron chi connectivity index (χ1n) is 5.60. The van der Waals surface area contributed by atoms with Gasteiger partial charge in [0.2, 0.25) is 0 Å². The molecule has 0 saturated carbocycles. The van der Waals surface area contributed by atoms with Crippen molar-refractivity contribution in [1.29, 1.82) is 0 Å². The molecule has 0 aliphatic heterocycles. The van der Waals surface area contributed by atoms with Crippen molar-refractivity contribution in [2.75, 3.05) is 0 Å². The van der Waals surface area contributed by atoms with E-state index in [1.54, 1.807) is 12.1 Å². The van der Waals surface area contributed by atoms with Crippen LogP contribution >= 0.6 is 0 Å². The van der Waals surface area contributed by atoms with Gasteiger partial charge in [-0.15, -0.1) is 0 Å². The average molecular weight is 290 g/mol. The summed E-state index contributed by atoms with van der Waals surface area (Å²) in [6.45, 7) is 5.92. The van der Waals surface area contributed by atoms with Crippen molar-refractivity contribution in [2.24, 2.45) is 0 Å². The molecule has 0 saturated heterocycles. The highest BCUT2D eigenvalue weighted by molar-refractivity contribution is 5.79. The number of fused-ring (bicyclic) bond motifs is 1. The normalized spacial score (nSPS) is 8.38. The number of carboxylic acids is 2. The summed E-state index contributed by atoms with van der Waals surface area (Å²) < 4.78 is 4.91. The van der Waals surface area contributed by atoms with Crippen LogP contribution in [0.15, 0.2) is 70.9 Å². The van der Waals surface area contributed by atoms with Gasteiger partial charge in [-0.1, -0.05) is 31.4 Å². The first-order chi connectivity index (χ1) is 9.90. The molecule has 2 rings (SSSR count). The molecule has 0 aliphatic carbocycles. The molecule has 2 aromatic rings. The minimum absolute atomic E-state index is 0.302. The number of rotatable bonds is 2. The van der Waals surface area contributed by atoms with E-state index < -0.39 is 11.9 Å². The molecule has 0 atom stereocenters. The lowest BCUT2D eigenvalue weighted by Crippen LogP contribution is -1.93. The van der Waals surface area contributed by atoms with E-state index in [9.17, 15) is 14.4 Å². The molecular formula is C15H14O6. The second-order valence-corrected chi connectivity index (χ2v) is 3.38. The van der Waals surface area contributed by atoms with E-state index in [0.29, 0.717) is 5.58 Å². The molecule has 6 nitrogen and oxygen atoms in total. The zero-order valence-corrected chi connectivity index (χ0v) is 11.1. The molecule has 0 spiro atoms. The minimum atomic E-state index is -0.981. The third-order valence-corrected chi connectivity index (χ3v) is 1.88. The van der Waals surface area contributed by atoms with Gasteiger partial charge in [-0.2, -0.15) is 0 Å². The Hall–Kier alpha value is -3.15. The van der Waals surface area contributed by atoms with Crippen molar-refractivity contribution >= 4 is 22.9 Å². The lowest BCUT2D eigenvalue weighted by Gasteiger charge is -1.91. The highest BCUT2D eigenvalue weighted by Gasteiger charge is 1.92. The molecule has 0 radical (unpaired) electrons. The monoisotopic (exact) mass is 290 g/mol. The van der Waals surface area contributed by atoms with Gasteiger partial charge in [-0.3, -0.25) is 0 Å². The van der Waals surface area contributed by atoms with Gasteiger partial charge in [0.05, 0.1) is 0 Å². The number of benzene rings is 1. The molecule has 0 fully saturated rings. The Bertz CT molecular complexity index is 666. The fraction of sp³-hybridized carbons (Fsp3) is 0. The maximum absolute atomic E-state index is 10.7. The van der Waals surface area contributed by atoms with Gasteiger partial charge in [-0.25, -0.2) is 14.4 Å². The second-order valence-electron chi connectivity index (χ2n) is 3.38. The summed E-state index contributed by atoms with van der Waals surface area (Å²) in [4.78, 5) is 29.2. The number of carboxylic acid groups (broad SMARTS) is 2. The molecule has 110 valence electrons. The summed E-state index contributed by atoms with van der Waals surface area (Å²) in [7, 11) is 0. The largest absolute Gasteiger partial charge is 0.478 e. The molecule has 21 heavy (non-hydrogen) atoms. The molecule has 1 aromatic carbocycles. The van der Waals surface area contributed by atoms with Crippen LogP contribution in [0, 0.1) is 0 Å². The number of hydrogen-bond acceptors (Lipinski definition) is 4. The summed E-state index contributed by atoms with van der Waals surface area (Å²) in [5.74, 6) is -1.96. The first kappa shape index (κ1) is 17.8. The molecule has 0 amide bonds. The van der Waals surface area contributed by atoms with E-state index in [-0.39, 0.29) is 5.63 Å². The highest BCUT2D eigenvalue weighted by Crippen LogP contribution is 2.08. The van der Waals surface area contributed by atoms with Crippen LogP contribution in [0.3, 0.4) is 0 Å². The summed E-state index contributed by atoms with van der Waals surface area (Å²) in [5, 5.41) is 16.2. The zero-order valence-electron chi connectivity index (χ0n) is 11.1. The molecule has 0 unspecified atom stereocenters. The predicted octanol–water partition coefficient (Wildman–Crippen LogP) is 2.31. The Morgan fingerprint density at radius 3 is 1.90 bits per heavy atom. The Morgan fingerprint density at radius 1 is 0.952 bits per heavy atom. The van der Waals surface area contributed by atoms with E-state index in [2.05, 4.69) is 13.2 Å². The molecular weight excluding hydrogens is 276 g/mol. The van der Waals surface area contributed by atoms with Crippen LogP contribution in [-0.2, 0) is 9.59 Å². The maximum Gasteiger partial charge on any atom is 0.336 e. The Labute approximate surface area is 120 Å². The summed E-state index contributed by atoms with van der Waals surface area (Å²) >= 11 is 0. The molecule has 6 heteroatoms. The van der Waals surface area contributed by atoms with Gasteiger partial charge in [0.1, 0.15) is 5.58 Å². The molecule has 0 aliphatic rings. The van der Waals surface area contributed by atoms with Crippen molar-refractivity contribution < 1.29 is 24.2 Å². The van der Waals surface area contributed by atoms with Crippen LogP contribution in [0.5, 0.6) is 0 Å². The summed E-state index contributed by atoms with van der Waals surface area (Å²) in [5.41, 5.74) is 0.337. The highest BCUT2D eigenvalue weighted by atomic mass is 16.4. The van der Waals surface area contributed by atoms with Crippen LogP contribution in [0.4, 0.5) is 0 Å². The van der Waals surface area contributed by atoms with Crippen molar-refractivity contribution in [3.05, 3.63) is 72.1 Å². The number of carbonyl (C=O) groups is 2. The molecule has 0 bridgehead atoms. The van der Waals surface area contributed by atoms with Crippen LogP contribution in [0.2, 0.25) is 0 Å². The van der Waals surface area contributed by atoms with Crippen molar-refractivity contribution in [1.82, 2.24) is 0 Å². The standard InChI is InChI=1S/C9H6O2.2C3H4O2/c10-9-6-5-7-3-1-2-4-8(7)11-9;2*1-2-3(4)5/h1-6H;2*2H,1H2,(H,4,5). The van der Waals surface area contributed by atoms with Gasteiger partial charge in [-0.05, 0) is 12.1 Å². The molecule has 2 N–H and O–H groups in total. The topological polar surface area (TPSA) is 105 Å². The van der Waals surface area contributed by atoms with Crippen LogP contribution in [0.1, 0.15) is 0 Å². The molecule has 1 aromatic heterocycles. The van der Waals surface area contributed by atoms with Gasteiger partial charge in [0.25, 0.3) is 0 Å². The van der Waals surface area contributed by atoms with Gasteiger partial charge < -0.3 is 14.6 Å². The average Bonchev–Trinajstić information content (AvgIpc) is 2.48. The molecule has 1 heterocycles. The Balaban J connectivity index is 0.000000340. The Morgan fingerprint density at radius 2 is 1.43 bits per heavy atom. The van der Waals surface area contributed by atoms with E-state index in [4.69, 9.17) is 14.6 Å². The fourth-order valence-corrected chi connectivity index (χ4v) is 1.01. The Kier molecular flexibility index (Phi) is 8.28. The quantitative estimate of drug-likeness (QED) is 0.649. The lowest BCUT2D eigenvalue weighted by molar-refractivity contribution is -0.132. The van der Waals surface area contributed by atoms with Crippen molar-refractivity contribution in [2.45, 2.75) is 0 Å². The van der Waals surface area contributed by atoms with E-state index in [1.807, 2.05) is 18.2 Å². The summed E-state index contributed by atoms with van der Waals surface area (Å²) in [6.07, 6.45) is 1.67. The predicted molar refractivity (Wildman–Crippen MR) is 78.1 cm³/mol. The smallest absolute Gasteiger partial charge is 0.336 e. The van der Waals surface area contributed by atoms with Gasteiger partial charge in [0.15, 0.2) is 0 Å². The minimum Gasteiger partial charge on any atom is -0.478 e. The van der Waals surface area contributed by atoms with Crippen molar-refractivity contribution in [3.63, 3.8) is 0 Å². The fourth-order valence-electron chi connectivity index (χ4n) is 1.01. The zero-order chi connectivity index (χ0) is 16.3. The van der Waals surface area contributed by atoms with E-state index in [1.165, 1.54) is 6.07 Å². The van der Waals surface area contributed by atoms with Gasteiger partial charge in [0, 0.05) is 23.6 Å². The number of aliphatic carboxylic acids is 2. The van der Waals surface area contributed by atoms with Crippen LogP contribution < -0.4 is 5.63 Å². The summed E-state index contributed by atoms with van der Waals surface area (Å²) in [6, 6.07) is 10.6.